The first kappa shape index (κ1) is 17.2. The van der Waals surface area contributed by atoms with Gasteiger partial charge in [-0.3, -0.25) is 9.36 Å². The highest BCUT2D eigenvalue weighted by atomic mass is 32.2. The molecule has 26 heavy (non-hydrogen) atoms. The number of para-hydroxylation sites is 1. The lowest BCUT2D eigenvalue weighted by atomic mass is 9.95. The Morgan fingerprint density at radius 2 is 2.15 bits per heavy atom. The van der Waals surface area contributed by atoms with Crippen LogP contribution in [0.3, 0.4) is 0 Å². The normalized spacial score (nSPS) is 16.8. The maximum Gasteiger partial charge on any atom is 0.263 e. The molecule has 1 atom stereocenters. The Labute approximate surface area is 155 Å². The minimum absolute atomic E-state index is 0.181. The summed E-state index contributed by atoms with van der Waals surface area (Å²) in [5.41, 5.74) is 3.34. The van der Waals surface area contributed by atoms with Crippen LogP contribution >= 0.6 is 11.8 Å². The van der Waals surface area contributed by atoms with Gasteiger partial charge in [0.2, 0.25) is 5.88 Å². The van der Waals surface area contributed by atoms with Gasteiger partial charge in [-0.15, -0.1) is 0 Å². The molecule has 136 valence electrons. The molecule has 0 aliphatic carbocycles. The molecule has 6 nitrogen and oxygen atoms in total. The smallest absolute Gasteiger partial charge is 0.263 e. The van der Waals surface area contributed by atoms with E-state index in [9.17, 15) is 9.90 Å². The first-order valence-corrected chi connectivity index (χ1v) is 9.93. The van der Waals surface area contributed by atoms with Gasteiger partial charge in [0.15, 0.2) is 5.16 Å². The second-order valence-corrected chi connectivity index (χ2v) is 7.55. The van der Waals surface area contributed by atoms with Gasteiger partial charge in [0.25, 0.3) is 5.56 Å². The Balaban J connectivity index is 1.91. The average Bonchev–Trinajstić information content (AvgIpc) is 3.02. The lowest BCUT2D eigenvalue weighted by Gasteiger charge is -2.25. The van der Waals surface area contributed by atoms with Crippen LogP contribution in [0.4, 0.5) is 0 Å². The predicted octanol–water partition coefficient (Wildman–Crippen LogP) is 2.80. The molecule has 3 aromatic rings. The topological polar surface area (TPSA) is 82.9 Å². The Bertz CT molecular complexity index is 1020. The van der Waals surface area contributed by atoms with E-state index in [2.05, 4.69) is 21.4 Å². The summed E-state index contributed by atoms with van der Waals surface area (Å²) >= 11 is 1.46. The zero-order valence-electron chi connectivity index (χ0n) is 14.9. The molecule has 0 spiro atoms. The third-order valence-corrected chi connectivity index (χ3v) is 5.74. The molecule has 1 aliphatic rings. The van der Waals surface area contributed by atoms with E-state index >= 15 is 0 Å². The third kappa shape index (κ3) is 2.62. The fraction of sp³-hybridized carbons (Fsp3) is 0.368. The number of aromatic amines is 1. The molecule has 0 amide bonds. The monoisotopic (exact) mass is 370 g/mol. The fourth-order valence-electron chi connectivity index (χ4n) is 3.74. The summed E-state index contributed by atoms with van der Waals surface area (Å²) in [5, 5.41) is 15.7. The number of hydrogen-bond acceptors (Lipinski definition) is 5. The highest BCUT2D eigenvalue weighted by Crippen LogP contribution is 2.35. The van der Waals surface area contributed by atoms with Crippen LogP contribution < -0.4 is 10.9 Å². The molecule has 7 heteroatoms. The zero-order chi connectivity index (χ0) is 18.3. The van der Waals surface area contributed by atoms with Crippen LogP contribution in [-0.2, 0) is 13.0 Å². The van der Waals surface area contributed by atoms with Crippen molar-refractivity contribution in [1.29, 1.82) is 0 Å². The second-order valence-electron chi connectivity index (χ2n) is 6.31. The van der Waals surface area contributed by atoms with Crippen molar-refractivity contribution in [2.24, 2.45) is 0 Å². The van der Waals surface area contributed by atoms with E-state index in [0.717, 1.165) is 29.9 Å². The number of aromatic hydroxyl groups is 1. The quantitative estimate of drug-likeness (QED) is 0.486. The van der Waals surface area contributed by atoms with Crippen molar-refractivity contribution < 1.29 is 5.11 Å². The number of nitrogens with one attached hydrogen (secondary N) is 2. The van der Waals surface area contributed by atoms with E-state index in [1.165, 1.54) is 22.7 Å². The average molecular weight is 370 g/mol. The molecule has 0 saturated heterocycles. The molecule has 3 N–H and O–H groups in total. The molecule has 2 aromatic heterocycles. The summed E-state index contributed by atoms with van der Waals surface area (Å²) < 4.78 is 1.64. The summed E-state index contributed by atoms with van der Waals surface area (Å²) in [6, 6.07) is 7.76. The molecule has 0 fully saturated rings. The highest BCUT2D eigenvalue weighted by Gasteiger charge is 2.31. The van der Waals surface area contributed by atoms with Crippen molar-refractivity contribution in [3.05, 3.63) is 51.4 Å². The molecular formula is C19H22N4O2S. The Kier molecular flexibility index (Phi) is 4.50. The van der Waals surface area contributed by atoms with E-state index in [0.29, 0.717) is 17.3 Å². The van der Waals surface area contributed by atoms with Crippen molar-refractivity contribution in [3.8, 4) is 5.88 Å². The lowest BCUT2D eigenvalue weighted by molar-refractivity contribution is 0.409. The molecule has 0 radical (unpaired) electrons. The van der Waals surface area contributed by atoms with Crippen LogP contribution in [0, 0.1) is 0 Å². The zero-order valence-corrected chi connectivity index (χ0v) is 15.7. The number of nitrogens with zero attached hydrogens (tertiary/aromatic N) is 2. The molecule has 1 aliphatic heterocycles. The van der Waals surface area contributed by atoms with Crippen molar-refractivity contribution in [3.63, 3.8) is 0 Å². The van der Waals surface area contributed by atoms with Crippen LogP contribution in [0.15, 0.2) is 34.2 Å². The van der Waals surface area contributed by atoms with Gasteiger partial charge in [0, 0.05) is 29.7 Å². The van der Waals surface area contributed by atoms with Crippen molar-refractivity contribution in [2.45, 2.75) is 38.0 Å². The maximum absolute atomic E-state index is 13.1. The molecule has 4 rings (SSSR count). The van der Waals surface area contributed by atoms with Crippen LogP contribution in [-0.4, -0.2) is 31.9 Å². The molecule has 1 aromatic carbocycles. The fourth-order valence-corrected chi connectivity index (χ4v) is 4.51. The number of aromatic nitrogens is 3. The van der Waals surface area contributed by atoms with Crippen LogP contribution in [0.25, 0.3) is 10.9 Å². The van der Waals surface area contributed by atoms with Crippen molar-refractivity contribution in [1.82, 2.24) is 19.9 Å². The van der Waals surface area contributed by atoms with Gasteiger partial charge in [-0.1, -0.05) is 36.9 Å². The van der Waals surface area contributed by atoms with E-state index in [1.807, 2.05) is 32.0 Å². The molecular weight excluding hydrogens is 348 g/mol. The first-order chi connectivity index (χ1) is 12.7. The number of benzene rings is 1. The molecule has 0 bridgehead atoms. The molecule has 0 saturated carbocycles. The number of thioether (sulfide) groups is 1. The van der Waals surface area contributed by atoms with E-state index in [1.54, 1.807) is 4.57 Å². The Morgan fingerprint density at radius 1 is 1.35 bits per heavy atom. The SMILES string of the molecule is CCSc1nc(O)c(C2NCCc3c2[nH]c2ccccc32)c(=O)n1CC. The van der Waals surface area contributed by atoms with Crippen LogP contribution in [0.1, 0.15) is 36.7 Å². The highest BCUT2D eigenvalue weighted by molar-refractivity contribution is 7.99. The van der Waals surface area contributed by atoms with Gasteiger partial charge in [0.05, 0.1) is 6.04 Å². The van der Waals surface area contributed by atoms with Gasteiger partial charge in [-0.05, 0) is 30.7 Å². The summed E-state index contributed by atoms with van der Waals surface area (Å²) in [5.74, 6) is 0.610. The van der Waals surface area contributed by atoms with Crippen molar-refractivity contribution >= 4 is 22.7 Å². The minimum atomic E-state index is -0.385. The second kappa shape index (κ2) is 6.81. The van der Waals surface area contributed by atoms with Gasteiger partial charge in [-0.25, -0.2) is 0 Å². The van der Waals surface area contributed by atoms with Crippen LogP contribution in [0.5, 0.6) is 5.88 Å². The van der Waals surface area contributed by atoms with Gasteiger partial charge < -0.3 is 15.4 Å². The predicted molar refractivity (Wildman–Crippen MR) is 104 cm³/mol. The largest absolute Gasteiger partial charge is 0.493 e. The number of fused-ring (bicyclic) bond motifs is 3. The van der Waals surface area contributed by atoms with Gasteiger partial charge in [-0.2, -0.15) is 4.98 Å². The number of rotatable bonds is 4. The lowest BCUT2D eigenvalue weighted by Crippen LogP contribution is -2.37. The molecule has 1 unspecified atom stereocenters. The Morgan fingerprint density at radius 3 is 2.92 bits per heavy atom. The van der Waals surface area contributed by atoms with Crippen LogP contribution in [0.2, 0.25) is 0 Å². The first-order valence-electron chi connectivity index (χ1n) is 8.95. The van der Waals surface area contributed by atoms with E-state index in [-0.39, 0.29) is 17.5 Å². The number of H-pyrrole nitrogens is 1. The summed E-state index contributed by atoms with van der Waals surface area (Å²) in [4.78, 5) is 20.9. The standard InChI is InChI=1S/C19H22N4O2S/c1-3-23-18(25)14(17(24)22-19(23)26-4-2)16-15-12(9-10-20-16)11-7-5-6-8-13(11)21-15/h5-8,16,20-21,24H,3-4,9-10H2,1-2H3. The van der Waals surface area contributed by atoms with Gasteiger partial charge in [0.1, 0.15) is 5.56 Å². The minimum Gasteiger partial charge on any atom is -0.493 e. The van der Waals surface area contributed by atoms with Crippen molar-refractivity contribution in [2.75, 3.05) is 12.3 Å². The van der Waals surface area contributed by atoms with Gasteiger partial charge >= 0.3 is 0 Å². The summed E-state index contributed by atoms with van der Waals surface area (Å²) in [6.45, 7) is 5.19. The Hall–Kier alpha value is -2.25. The summed E-state index contributed by atoms with van der Waals surface area (Å²) in [6.07, 6.45) is 0.885. The third-order valence-electron chi connectivity index (χ3n) is 4.89. The van der Waals surface area contributed by atoms with E-state index in [4.69, 9.17) is 0 Å². The molecule has 3 heterocycles. The number of hydrogen-bond donors (Lipinski definition) is 3. The van der Waals surface area contributed by atoms with E-state index < -0.39 is 0 Å². The summed E-state index contributed by atoms with van der Waals surface area (Å²) in [7, 11) is 0. The maximum atomic E-state index is 13.1.